The van der Waals surface area contributed by atoms with Crippen LogP contribution in [0.1, 0.15) is 48.2 Å². The number of nitriles is 1. The third-order valence-corrected chi connectivity index (χ3v) is 5.86. The minimum atomic E-state index is -0.232. The molecule has 2 aromatic rings. The summed E-state index contributed by atoms with van der Waals surface area (Å²) in [5, 5.41) is 23.6. The molecule has 4 rings (SSSR count). The summed E-state index contributed by atoms with van der Waals surface area (Å²) in [4.78, 5) is 12.5. The first-order valence-corrected chi connectivity index (χ1v) is 10.9. The fourth-order valence-corrected chi connectivity index (χ4v) is 4.05. The van der Waals surface area contributed by atoms with Crippen LogP contribution in [0, 0.1) is 11.3 Å². The van der Waals surface area contributed by atoms with Crippen molar-refractivity contribution in [1.29, 1.82) is 5.26 Å². The number of aromatic nitrogens is 2. The van der Waals surface area contributed by atoms with E-state index in [1.807, 2.05) is 6.07 Å². The molecule has 9 heteroatoms. The Kier molecular flexibility index (Phi) is 6.85. The van der Waals surface area contributed by atoms with Crippen molar-refractivity contribution in [3.8, 4) is 17.7 Å². The summed E-state index contributed by atoms with van der Waals surface area (Å²) >= 11 is 6.07. The summed E-state index contributed by atoms with van der Waals surface area (Å²) in [6.45, 7) is 1.74. The molecule has 162 valence electrons. The predicted octanol–water partition coefficient (Wildman–Crippen LogP) is 2.86. The van der Waals surface area contributed by atoms with Gasteiger partial charge in [-0.1, -0.05) is 11.6 Å². The Hall–Kier alpha value is -2.89. The van der Waals surface area contributed by atoms with Gasteiger partial charge in [0.15, 0.2) is 5.69 Å². The van der Waals surface area contributed by atoms with Crippen molar-refractivity contribution in [2.45, 2.75) is 50.4 Å². The van der Waals surface area contributed by atoms with Gasteiger partial charge >= 0.3 is 0 Å². The number of ether oxygens (including phenoxy) is 2. The molecule has 8 nitrogen and oxygen atoms in total. The number of hydrogen-bond donors (Lipinski definition) is 2. The number of carbonyl (C=O) groups excluding carboxylic acids is 1. The Morgan fingerprint density at radius 1 is 1.10 bits per heavy atom. The zero-order valence-electron chi connectivity index (χ0n) is 17.0. The molecule has 0 radical (unpaired) electrons. The van der Waals surface area contributed by atoms with Crippen LogP contribution in [0.25, 0.3) is 0 Å². The Labute approximate surface area is 185 Å². The molecule has 1 aliphatic heterocycles. The zero-order valence-corrected chi connectivity index (χ0v) is 17.8. The number of carbonyl (C=O) groups is 1. The molecule has 0 bridgehead atoms. The lowest BCUT2D eigenvalue weighted by Gasteiger charge is -2.29. The Balaban J connectivity index is 1.23. The number of nitrogens with one attached hydrogen (secondary N) is 2. The minimum Gasteiger partial charge on any atom is -0.490 e. The van der Waals surface area contributed by atoms with Crippen LogP contribution in [0.3, 0.4) is 0 Å². The Morgan fingerprint density at radius 2 is 1.94 bits per heavy atom. The molecule has 2 fully saturated rings. The second kappa shape index (κ2) is 9.94. The van der Waals surface area contributed by atoms with E-state index in [0.29, 0.717) is 22.2 Å². The van der Waals surface area contributed by atoms with Gasteiger partial charge in [0.25, 0.3) is 5.91 Å². The van der Waals surface area contributed by atoms with E-state index < -0.39 is 0 Å². The Morgan fingerprint density at radius 3 is 2.58 bits per heavy atom. The fourth-order valence-electron chi connectivity index (χ4n) is 3.84. The number of benzene rings is 1. The lowest BCUT2D eigenvalue weighted by Crippen LogP contribution is -2.40. The van der Waals surface area contributed by atoms with Gasteiger partial charge in [-0.15, -0.1) is 10.2 Å². The van der Waals surface area contributed by atoms with E-state index in [4.69, 9.17) is 26.3 Å². The number of halogens is 1. The number of nitrogens with zero attached hydrogens (tertiary/aromatic N) is 3. The molecule has 0 spiro atoms. The van der Waals surface area contributed by atoms with Crippen LogP contribution in [0.2, 0.25) is 5.02 Å². The predicted molar refractivity (Wildman–Crippen MR) is 114 cm³/mol. The highest BCUT2D eigenvalue weighted by molar-refractivity contribution is 6.31. The summed E-state index contributed by atoms with van der Waals surface area (Å²) in [7, 11) is 0. The van der Waals surface area contributed by atoms with Crippen LogP contribution < -0.4 is 20.1 Å². The highest BCUT2D eigenvalue weighted by Crippen LogP contribution is 2.27. The molecule has 1 aromatic carbocycles. The number of hydrogen-bond acceptors (Lipinski definition) is 7. The smallest absolute Gasteiger partial charge is 0.272 e. The SMILES string of the molecule is N#Cc1ccc(OC2CCC(NC(=O)c3ccc(OC4CCNC4)nn3)CC2)cc1Cl. The maximum absolute atomic E-state index is 12.5. The lowest BCUT2D eigenvalue weighted by atomic mass is 9.93. The average Bonchev–Trinajstić information content (AvgIpc) is 3.29. The van der Waals surface area contributed by atoms with Crippen molar-refractivity contribution in [2.75, 3.05) is 13.1 Å². The van der Waals surface area contributed by atoms with Crippen LogP contribution in [-0.4, -0.2) is 47.4 Å². The van der Waals surface area contributed by atoms with Crippen LogP contribution in [-0.2, 0) is 0 Å². The maximum atomic E-state index is 12.5. The van der Waals surface area contributed by atoms with Gasteiger partial charge in [0.2, 0.25) is 5.88 Å². The maximum Gasteiger partial charge on any atom is 0.272 e. The van der Waals surface area contributed by atoms with Crippen molar-refractivity contribution >= 4 is 17.5 Å². The molecule has 1 saturated carbocycles. The highest BCUT2D eigenvalue weighted by Gasteiger charge is 2.25. The van der Waals surface area contributed by atoms with Crippen molar-refractivity contribution in [1.82, 2.24) is 20.8 Å². The summed E-state index contributed by atoms with van der Waals surface area (Å²) in [6, 6.07) is 10.5. The largest absolute Gasteiger partial charge is 0.490 e. The summed E-state index contributed by atoms with van der Waals surface area (Å²) < 4.78 is 11.7. The van der Waals surface area contributed by atoms with E-state index in [0.717, 1.165) is 45.2 Å². The second-order valence-electron chi connectivity index (χ2n) is 7.81. The van der Waals surface area contributed by atoms with E-state index in [2.05, 4.69) is 20.8 Å². The minimum absolute atomic E-state index is 0.0541. The molecule has 1 atom stereocenters. The van der Waals surface area contributed by atoms with E-state index in [9.17, 15) is 4.79 Å². The van der Waals surface area contributed by atoms with E-state index in [-0.39, 0.29) is 29.9 Å². The quantitative estimate of drug-likeness (QED) is 0.709. The van der Waals surface area contributed by atoms with Gasteiger partial charge in [0.05, 0.1) is 16.7 Å². The van der Waals surface area contributed by atoms with Crippen molar-refractivity contribution in [3.05, 3.63) is 46.6 Å². The second-order valence-corrected chi connectivity index (χ2v) is 8.22. The van der Waals surface area contributed by atoms with Gasteiger partial charge in [-0.25, -0.2) is 0 Å². The first-order chi connectivity index (χ1) is 15.1. The van der Waals surface area contributed by atoms with Crippen LogP contribution in [0.4, 0.5) is 0 Å². The molecule has 1 aliphatic carbocycles. The third-order valence-electron chi connectivity index (χ3n) is 5.55. The molecular weight excluding hydrogens is 418 g/mol. The van der Waals surface area contributed by atoms with Crippen molar-refractivity contribution in [2.24, 2.45) is 0 Å². The summed E-state index contributed by atoms with van der Waals surface area (Å²) in [6.07, 6.45) is 4.35. The molecule has 1 unspecified atom stereocenters. The van der Waals surface area contributed by atoms with Gasteiger partial charge in [0, 0.05) is 24.7 Å². The molecule has 2 heterocycles. The van der Waals surface area contributed by atoms with Crippen LogP contribution >= 0.6 is 11.6 Å². The van der Waals surface area contributed by atoms with Gasteiger partial charge in [-0.2, -0.15) is 5.26 Å². The fraction of sp³-hybridized carbons (Fsp3) is 0.455. The number of rotatable bonds is 6. The molecule has 1 saturated heterocycles. The number of amides is 1. The average molecular weight is 442 g/mol. The van der Waals surface area contributed by atoms with Gasteiger partial charge in [-0.3, -0.25) is 4.79 Å². The Bertz CT molecular complexity index is 949. The molecular formula is C22H24ClN5O3. The lowest BCUT2D eigenvalue weighted by molar-refractivity contribution is 0.0887. The van der Waals surface area contributed by atoms with Crippen molar-refractivity contribution < 1.29 is 14.3 Å². The standard InChI is InChI=1S/C22H24ClN5O3/c23-19-11-17(4-1-14(19)12-24)30-16-5-2-15(3-6-16)26-22(29)20-7-8-21(28-27-20)31-18-9-10-25-13-18/h1,4,7-8,11,15-16,18,25H,2-3,5-6,9-10,13H2,(H,26,29). The van der Waals surface area contributed by atoms with Gasteiger partial charge in [-0.05, 0) is 56.8 Å². The van der Waals surface area contributed by atoms with Crippen LogP contribution in [0.5, 0.6) is 11.6 Å². The topological polar surface area (TPSA) is 109 Å². The molecule has 1 amide bonds. The van der Waals surface area contributed by atoms with E-state index >= 15 is 0 Å². The van der Waals surface area contributed by atoms with Crippen molar-refractivity contribution in [3.63, 3.8) is 0 Å². The van der Waals surface area contributed by atoms with E-state index in [1.54, 1.807) is 30.3 Å². The molecule has 2 N–H and O–H groups in total. The highest BCUT2D eigenvalue weighted by atomic mass is 35.5. The summed E-state index contributed by atoms with van der Waals surface area (Å²) in [5.74, 6) is 0.859. The third kappa shape index (κ3) is 5.63. The van der Waals surface area contributed by atoms with E-state index in [1.165, 1.54) is 0 Å². The summed E-state index contributed by atoms with van der Waals surface area (Å²) in [5.41, 5.74) is 0.709. The zero-order chi connectivity index (χ0) is 21.6. The van der Waals surface area contributed by atoms with Crippen LogP contribution in [0.15, 0.2) is 30.3 Å². The normalized spacial score (nSPS) is 23.0. The van der Waals surface area contributed by atoms with Gasteiger partial charge < -0.3 is 20.1 Å². The first-order valence-electron chi connectivity index (χ1n) is 10.5. The molecule has 31 heavy (non-hydrogen) atoms. The first kappa shape index (κ1) is 21.3. The monoisotopic (exact) mass is 441 g/mol. The van der Waals surface area contributed by atoms with Gasteiger partial charge in [0.1, 0.15) is 17.9 Å². The molecule has 1 aromatic heterocycles. The molecule has 2 aliphatic rings.